The van der Waals surface area contributed by atoms with Crippen LogP contribution in [0.5, 0.6) is 0 Å². The van der Waals surface area contributed by atoms with Gasteiger partial charge in [-0.25, -0.2) is 0 Å². The lowest BCUT2D eigenvalue weighted by atomic mass is 9.84. The number of nitrogens with zero attached hydrogens (tertiary/aromatic N) is 2. The lowest BCUT2D eigenvalue weighted by Gasteiger charge is -2.32. The molecule has 0 aliphatic carbocycles. The second-order valence-electron chi connectivity index (χ2n) is 19.2. The summed E-state index contributed by atoms with van der Waals surface area (Å²) in [6.07, 6.45) is 0. The summed E-state index contributed by atoms with van der Waals surface area (Å²) in [5, 5.41) is 12.0. The molecule has 0 saturated carbocycles. The van der Waals surface area contributed by atoms with Gasteiger partial charge in [-0.2, -0.15) is 0 Å². The molecule has 0 N–H and O–H groups in total. The van der Waals surface area contributed by atoms with Crippen molar-refractivity contribution in [3.05, 3.63) is 191 Å². The van der Waals surface area contributed by atoms with Gasteiger partial charge >= 0.3 is 0 Å². The number of rotatable bonds is 8. The standard InChI is InChI=1S/C62H52N2O2/c1-35(2)51-33-55(63(41-29-37(5)27-38(6)30-41)53-19-13-17-47-43-15-9-11-21-57(43)65-61(47)53)49-26-24-46-52(36(3)4)34-56(50-25-23-45(51)59(49)60(46)50)64(42-31-39(7)28-40(8)32-42)54-20-14-18-48-44-16-10-12-22-58(44)66-62(48)54/h9-36H,1-8H3. The van der Waals surface area contributed by atoms with E-state index in [-0.39, 0.29) is 11.8 Å². The number of aryl methyl sites for hydroxylation is 4. The summed E-state index contributed by atoms with van der Waals surface area (Å²) in [5.41, 5.74) is 17.5. The average Bonchev–Trinajstić information content (AvgIpc) is 3.88. The maximum atomic E-state index is 6.85. The van der Waals surface area contributed by atoms with Gasteiger partial charge in [0.15, 0.2) is 11.2 Å². The van der Waals surface area contributed by atoms with E-state index < -0.39 is 0 Å². The normalized spacial score (nSPS) is 12.2. The molecule has 0 atom stereocenters. The third kappa shape index (κ3) is 6.11. The summed E-state index contributed by atoms with van der Waals surface area (Å²) in [6, 6.07) is 58.3. The third-order valence-corrected chi connectivity index (χ3v) is 13.8. The molecule has 0 bridgehead atoms. The van der Waals surface area contributed by atoms with Crippen molar-refractivity contribution in [3.8, 4) is 0 Å². The van der Waals surface area contributed by atoms with Crippen molar-refractivity contribution >= 4 is 110 Å². The minimum Gasteiger partial charge on any atom is -0.454 e. The van der Waals surface area contributed by atoms with Crippen LogP contribution in [0.1, 0.15) is 72.9 Å². The van der Waals surface area contributed by atoms with Gasteiger partial charge in [0.05, 0.1) is 22.7 Å². The molecule has 10 aromatic carbocycles. The summed E-state index contributed by atoms with van der Waals surface area (Å²) >= 11 is 0. The molecule has 0 amide bonds. The monoisotopic (exact) mass is 856 g/mol. The Kier molecular flexibility index (Phi) is 9.09. The fourth-order valence-corrected chi connectivity index (χ4v) is 11.1. The molecular formula is C62H52N2O2. The number of fused-ring (bicyclic) bond motifs is 6. The zero-order valence-corrected chi connectivity index (χ0v) is 38.9. The number of hydrogen-bond donors (Lipinski definition) is 0. The van der Waals surface area contributed by atoms with E-state index in [1.165, 1.54) is 65.7 Å². The molecule has 0 fully saturated rings. The van der Waals surface area contributed by atoms with E-state index >= 15 is 0 Å². The Morgan fingerprint density at radius 1 is 0.333 bits per heavy atom. The molecule has 4 nitrogen and oxygen atoms in total. The molecule has 66 heavy (non-hydrogen) atoms. The summed E-state index contributed by atoms with van der Waals surface area (Å²) in [6.45, 7) is 18.1. The van der Waals surface area contributed by atoms with Gasteiger partial charge in [0.1, 0.15) is 11.2 Å². The van der Waals surface area contributed by atoms with Crippen LogP contribution in [0.4, 0.5) is 34.1 Å². The predicted molar refractivity (Wildman–Crippen MR) is 281 cm³/mol. The van der Waals surface area contributed by atoms with Gasteiger partial charge in [-0.1, -0.05) is 125 Å². The zero-order valence-electron chi connectivity index (χ0n) is 38.9. The van der Waals surface area contributed by atoms with Crippen molar-refractivity contribution in [1.82, 2.24) is 0 Å². The van der Waals surface area contributed by atoms with Crippen molar-refractivity contribution < 1.29 is 8.83 Å². The van der Waals surface area contributed by atoms with E-state index in [4.69, 9.17) is 8.83 Å². The summed E-state index contributed by atoms with van der Waals surface area (Å²) < 4.78 is 13.7. The Hall–Kier alpha value is -7.56. The van der Waals surface area contributed by atoms with E-state index in [0.717, 1.165) is 78.0 Å². The molecule has 322 valence electrons. The van der Waals surface area contributed by atoms with Crippen molar-refractivity contribution in [1.29, 1.82) is 0 Å². The fourth-order valence-electron chi connectivity index (χ4n) is 11.1. The van der Waals surface area contributed by atoms with E-state index in [1.54, 1.807) is 0 Å². The maximum Gasteiger partial charge on any atom is 0.159 e. The Morgan fingerprint density at radius 2 is 0.697 bits per heavy atom. The summed E-state index contributed by atoms with van der Waals surface area (Å²) in [5.74, 6) is 0.496. The van der Waals surface area contributed by atoms with Crippen molar-refractivity contribution in [2.45, 2.75) is 67.2 Å². The molecule has 0 saturated heterocycles. The summed E-state index contributed by atoms with van der Waals surface area (Å²) in [4.78, 5) is 4.94. The molecule has 12 rings (SSSR count). The highest BCUT2D eigenvalue weighted by molar-refractivity contribution is 6.30. The Balaban J connectivity index is 1.22. The highest BCUT2D eigenvalue weighted by Gasteiger charge is 2.29. The summed E-state index contributed by atoms with van der Waals surface area (Å²) in [7, 11) is 0. The van der Waals surface area contributed by atoms with Gasteiger partial charge in [0, 0.05) is 43.7 Å². The molecule has 0 radical (unpaired) electrons. The van der Waals surface area contributed by atoms with Crippen LogP contribution >= 0.6 is 0 Å². The van der Waals surface area contributed by atoms with Gasteiger partial charge in [-0.3, -0.25) is 0 Å². The van der Waals surface area contributed by atoms with Gasteiger partial charge in [0.2, 0.25) is 0 Å². The number of furan rings is 2. The Bertz CT molecular complexity index is 3610. The number of anilines is 6. The van der Waals surface area contributed by atoms with Crippen LogP contribution in [0.2, 0.25) is 0 Å². The minimum absolute atomic E-state index is 0.248. The number of hydrogen-bond acceptors (Lipinski definition) is 4. The van der Waals surface area contributed by atoms with Crippen molar-refractivity contribution in [2.24, 2.45) is 0 Å². The second kappa shape index (κ2) is 15.0. The van der Waals surface area contributed by atoms with Crippen LogP contribution in [0, 0.1) is 27.7 Å². The first kappa shape index (κ1) is 40.0. The van der Waals surface area contributed by atoms with E-state index in [2.05, 4.69) is 223 Å². The molecule has 12 aromatic rings. The van der Waals surface area contributed by atoms with Crippen LogP contribution in [0.3, 0.4) is 0 Å². The van der Waals surface area contributed by atoms with Gasteiger partial charge < -0.3 is 18.6 Å². The maximum absolute atomic E-state index is 6.85. The number of para-hydroxylation sites is 4. The quantitative estimate of drug-likeness (QED) is 0.143. The fraction of sp³-hybridized carbons (Fsp3) is 0.161. The molecule has 2 heterocycles. The van der Waals surface area contributed by atoms with Crippen LogP contribution < -0.4 is 9.80 Å². The van der Waals surface area contributed by atoms with Gasteiger partial charge in [0.25, 0.3) is 0 Å². The van der Waals surface area contributed by atoms with E-state index in [1.807, 2.05) is 0 Å². The van der Waals surface area contributed by atoms with E-state index in [0.29, 0.717) is 0 Å². The van der Waals surface area contributed by atoms with Gasteiger partial charge in [-0.15, -0.1) is 0 Å². The van der Waals surface area contributed by atoms with Crippen LogP contribution in [0.25, 0.3) is 76.2 Å². The van der Waals surface area contributed by atoms with Crippen LogP contribution in [0.15, 0.2) is 167 Å². The smallest absolute Gasteiger partial charge is 0.159 e. The molecule has 2 aromatic heterocycles. The zero-order chi connectivity index (χ0) is 45.1. The van der Waals surface area contributed by atoms with Gasteiger partial charge in [-0.05, 0) is 155 Å². The lowest BCUT2D eigenvalue weighted by molar-refractivity contribution is 0.668. The Morgan fingerprint density at radius 3 is 1.09 bits per heavy atom. The second-order valence-corrected chi connectivity index (χ2v) is 19.2. The van der Waals surface area contributed by atoms with Crippen LogP contribution in [-0.2, 0) is 0 Å². The van der Waals surface area contributed by atoms with E-state index in [9.17, 15) is 0 Å². The molecule has 0 aliphatic rings. The first-order valence-corrected chi connectivity index (χ1v) is 23.4. The van der Waals surface area contributed by atoms with Crippen molar-refractivity contribution in [2.75, 3.05) is 9.80 Å². The number of benzene rings is 10. The first-order chi connectivity index (χ1) is 32.0. The molecular weight excluding hydrogens is 805 g/mol. The minimum atomic E-state index is 0.248. The molecule has 4 heteroatoms. The molecule has 0 spiro atoms. The highest BCUT2D eigenvalue weighted by atomic mass is 16.3. The highest BCUT2D eigenvalue weighted by Crippen LogP contribution is 2.53. The van der Waals surface area contributed by atoms with Crippen LogP contribution in [-0.4, -0.2) is 0 Å². The Labute approximate surface area is 385 Å². The average molecular weight is 857 g/mol. The third-order valence-electron chi connectivity index (χ3n) is 13.8. The molecule has 0 aliphatic heterocycles. The lowest BCUT2D eigenvalue weighted by Crippen LogP contribution is -2.13. The van der Waals surface area contributed by atoms with Crippen molar-refractivity contribution in [3.63, 3.8) is 0 Å². The SMILES string of the molecule is Cc1cc(C)cc(N(c2cc(C(C)C)c3ccc4c(N(c5cc(C)cc(C)c5)c5cccc6c5oc5ccccc56)cc(C(C)C)c5ccc2c3c54)c2cccc3c2oc2ccccc23)c1. The topological polar surface area (TPSA) is 32.8 Å². The largest absolute Gasteiger partial charge is 0.454 e. The predicted octanol–water partition coefficient (Wildman–Crippen LogP) is 18.8. The first-order valence-electron chi connectivity index (χ1n) is 23.4. The molecule has 0 unspecified atom stereocenters.